The van der Waals surface area contributed by atoms with Gasteiger partial charge < -0.3 is 5.32 Å². The highest BCUT2D eigenvalue weighted by Crippen LogP contribution is 2.20. The van der Waals surface area contributed by atoms with Gasteiger partial charge in [-0.15, -0.1) is 0 Å². The van der Waals surface area contributed by atoms with Crippen LogP contribution in [-0.4, -0.2) is 14.5 Å². The Hall–Kier alpha value is -3.18. The van der Waals surface area contributed by atoms with Crippen molar-refractivity contribution in [2.24, 2.45) is 0 Å². The molecule has 0 spiro atoms. The van der Waals surface area contributed by atoms with Crippen molar-refractivity contribution in [2.75, 3.05) is 5.32 Å². The maximum Gasteiger partial charge on any atom is 0.252 e. The molecule has 6 heteroatoms. The van der Waals surface area contributed by atoms with Crippen LogP contribution in [-0.2, 0) is 6.54 Å². The fourth-order valence-electron chi connectivity index (χ4n) is 3.09. The van der Waals surface area contributed by atoms with E-state index in [0.29, 0.717) is 23.2 Å². The van der Waals surface area contributed by atoms with Gasteiger partial charge >= 0.3 is 0 Å². The van der Waals surface area contributed by atoms with Crippen molar-refractivity contribution in [1.82, 2.24) is 14.5 Å². The third kappa shape index (κ3) is 3.89. The normalized spacial score (nSPS) is 12.1. The summed E-state index contributed by atoms with van der Waals surface area (Å²) in [6.07, 6.45) is 1.74. The molecule has 0 saturated carbocycles. The first-order valence-corrected chi connectivity index (χ1v) is 9.40. The predicted octanol–water partition coefficient (Wildman–Crippen LogP) is 4.67. The maximum atomic E-state index is 12.5. The lowest BCUT2D eigenvalue weighted by Gasteiger charge is -2.15. The molecule has 0 fully saturated rings. The minimum Gasteiger partial charge on any atom is -0.348 e. The second-order valence-corrected chi connectivity index (χ2v) is 7.07. The van der Waals surface area contributed by atoms with Gasteiger partial charge in [-0.25, -0.2) is 4.98 Å². The van der Waals surface area contributed by atoms with Crippen molar-refractivity contribution in [3.8, 4) is 0 Å². The number of hydrogen-bond donors (Lipinski definition) is 1. The van der Waals surface area contributed by atoms with Crippen molar-refractivity contribution in [1.29, 1.82) is 0 Å². The molecule has 1 atom stereocenters. The lowest BCUT2D eigenvalue weighted by molar-refractivity contribution is 0.779. The van der Waals surface area contributed by atoms with Crippen LogP contribution in [0.2, 0.25) is 5.02 Å². The smallest absolute Gasteiger partial charge is 0.252 e. The highest BCUT2D eigenvalue weighted by Gasteiger charge is 2.11. The van der Waals surface area contributed by atoms with E-state index in [4.69, 9.17) is 11.6 Å². The Kier molecular flexibility index (Phi) is 5.08. The van der Waals surface area contributed by atoms with Crippen molar-refractivity contribution in [3.63, 3.8) is 0 Å². The van der Waals surface area contributed by atoms with Crippen LogP contribution in [0.25, 0.3) is 11.0 Å². The van der Waals surface area contributed by atoms with Gasteiger partial charge in [0.05, 0.1) is 12.6 Å². The van der Waals surface area contributed by atoms with Gasteiger partial charge in [0.2, 0.25) is 5.95 Å². The molecule has 0 aliphatic carbocycles. The number of aromatic nitrogens is 3. The number of halogens is 1. The van der Waals surface area contributed by atoms with Crippen LogP contribution >= 0.6 is 11.6 Å². The van der Waals surface area contributed by atoms with Crippen molar-refractivity contribution in [3.05, 3.63) is 99.4 Å². The average molecular weight is 391 g/mol. The maximum absolute atomic E-state index is 12.5. The Morgan fingerprint density at radius 3 is 2.54 bits per heavy atom. The Bertz CT molecular complexity index is 1160. The summed E-state index contributed by atoms with van der Waals surface area (Å²) in [5.74, 6) is 0.474. The standard InChI is InChI=1S/C22H19ClN4O/c1-15(17-7-10-19(23)11-8-17)25-22-24-13-18-9-12-20(28)27(21(18)26-22)14-16-5-3-2-4-6-16/h2-13,15H,14H2,1H3,(H,24,25,26). The van der Waals surface area contributed by atoms with Crippen LogP contribution in [0.1, 0.15) is 24.1 Å². The molecule has 2 aromatic carbocycles. The van der Waals surface area contributed by atoms with Crippen LogP contribution in [0.3, 0.4) is 0 Å². The summed E-state index contributed by atoms with van der Waals surface area (Å²) in [5.41, 5.74) is 2.63. The number of hydrogen-bond acceptors (Lipinski definition) is 4. The summed E-state index contributed by atoms with van der Waals surface area (Å²) in [5, 5.41) is 4.82. The average Bonchev–Trinajstić information content (AvgIpc) is 2.71. The SMILES string of the molecule is CC(Nc1ncc2ccc(=O)n(Cc3ccccc3)c2n1)c1ccc(Cl)cc1. The van der Waals surface area contributed by atoms with E-state index in [1.165, 1.54) is 0 Å². The van der Waals surface area contributed by atoms with Gasteiger partial charge in [-0.3, -0.25) is 9.36 Å². The molecule has 140 valence electrons. The molecule has 2 aromatic heterocycles. The second-order valence-electron chi connectivity index (χ2n) is 6.63. The van der Waals surface area contributed by atoms with E-state index in [1.807, 2.05) is 61.5 Å². The van der Waals surface area contributed by atoms with E-state index in [-0.39, 0.29) is 11.6 Å². The number of fused-ring (bicyclic) bond motifs is 1. The minimum atomic E-state index is -0.0910. The van der Waals surface area contributed by atoms with Gasteiger partial charge in [0.1, 0.15) is 5.65 Å². The zero-order valence-electron chi connectivity index (χ0n) is 15.3. The molecule has 0 bridgehead atoms. The lowest BCUT2D eigenvalue weighted by Crippen LogP contribution is -2.21. The van der Waals surface area contributed by atoms with E-state index >= 15 is 0 Å². The van der Waals surface area contributed by atoms with E-state index in [1.54, 1.807) is 22.9 Å². The highest BCUT2D eigenvalue weighted by atomic mass is 35.5. The van der Waals surface area contributed by atoms with Crippen LogP contribution in [0.4, 0.5) is 5.95 Å². The van der Waals surface area contributed by atoms with E-state index in [0.717, 1.165) is 16.5 Å². The first-order chi connectivity index (χ1) is 13.6. The van der Waals surface area contributed by atoms with Gasteiger partial charge in [0, 0.05) is 22.7 Å². The Morgan fingerprint density at radius 2 is 1.79 bits per heavy atom. The van der Waals surface area contributed by atoms with Gasteiger partial charge in [-0.1, -0.05) is 54.1 Å². The first kappa shape index (κ1) is 18.2. The number of anilines is 1. The van der Waals surface area contributed by atoms with Crippen LogP contribution < -0.4 is 10.9 Å². The number of rotatable bonds is 5. The quantitative estimate of drug-likeness (QED) is 0.538. The lowest BCUT2D eigenvalue weighted by atomic mass is 10.1. The molecular weight excluding hydrogens is 372 g/mol. The topological polar surface area (TPSA) is 59.8 Å². The first-order valence-electron chi connectivity index (χ1n) is 9.03. The molecule has 0 aliphatic rings. The second kappa shape index (κ2) is 7.82. The minimum absolute atomic E-state index is 0.00674. The molecule has 4 aromatic rings. The zero-order chi connectivity index (χ0) is 19.5. The predicted molar refractivity (Wildman–Crippen MR) is 113 cm³/mol. The highest BCUT2D eigenvalue weighted by molar-refractivity contribution is 6.30. The summed E-state index contributed by atoms with van der Waals surface area (Å²) >= 11 is 5.96. The largest absolute Gasteiger partial charge is 0.348 e. The summed E-state index contributed by atoms with van der Waals surface area (Å²) in [6, 6.07) is 20.8. The summed E-state index contributed by atoms with van der Waals surface area (Å²) < 4.78 is 1.67. The fraction of sp³-hybridized carbons (Fsp3) is 0.136. The number of nitrogens with one attached hydrogen (secondary N) is 1. The molecule has 1 N–H and O–H groups in total. The van der Waals surface area contributed by atoms with Gasteiger partial charge in [-0.2, -0.15) is 4.98 Å². The van der Waals surface area contributed by atoms with E-state index in [2.05, 4.69) is 15.3 Å². The summed E-state index contributed by atoms with van der Waals surface area (Å²) in [6.45, 7) is 2.49. The third-order valence-corrected chi connectivity index (χ3v) is 4.87. The third-order valence-electron chi connectivity index (χ3n) is 4.62. The van der Waals surface area contributed by atoms with Crippen LogP contribution in [0, 0.1) is 0 Å². The summed E-state index contributed by atoms with van der Waals surface area (Å²) in [4.78, 5) is 21.5. The van der Waals surface area contributed by atoms with Crippen LogP contribution in [0.5, 0.6) is 0 Å². The molecule has 5 nitrogen and oxygen atoms in total. The van der Waals surface area contributed by atoms with Gasteiger partial charge in [-0.05, 0) is 36.2 Å². The van der Waals surface area contributed by atoms with Gasteiger partial charge in [0.15, 0.2) is 0 Å². The Balaban J connectivity index is 1.68. The molecule has 0 radical (unpaired) electrons. The number of benzene rings is 2. The molecule has 28 heavy (non-hydrogen) atoms. The van der Waals surface area contributed by atoms with E-state index < -0.39 is 0 Å². The molecule has 0 amide bonds. The zero-order valence-corrected chi connectivity index (χ0v) is 16.1. The van der Waals surface area contributed by atoms with Crippen molar-refractivity contribution < 1.29 is 0 Å². The van der Waals surface area contributed by atoms with Crippen molar-refractivity contribution >= 4 is 28.6 Å². The van der Waals surface area contributed by atoms with E-state index in [9.17, 15) is 4.79 Å². The number of nitrogens with zero attached hydrogens (tertiary/aromatic N) is 3. The molecule has 0 saturated heterocycles. The molecule has 1 unspecified atom stereocenters. The monoisotopic (exact) mass is 390 g/mol. The summed E-state index contributed by atoms with van der Waals surface area (Å²) in [7, 11) is 0. The number of pyridine rings is 1. The molecule has 0 aliphatic heterocycles. The Labute approximate surface area is 167 Å². The van der Waals surface area contributed by atoms with Gasteiger partial charge in [0.25, 0.3) is 5.56 Å². The van der Waals surface area contributed by atoms with Crippen LogP contribution in [0.15, 0.2) is 77.7 Å². The Morgan fingerprint density at radius 1 is 1.04 bits per heavy atom. The molecule has 2 heterocycles. The fourth-order valence-corrected chi connectivity index (χ4v) is 3.21. The molecule has 4 rings (SSSR count). The van der Waals surface area contributed by atoms with Crippen molar-refractivity contribution in [2.45, 2.75) is 19.5 Å². The molecular formula is C22H19ClN4O.